The zero-order valence-corrected chi connectivity index (χ0v) is 20.7. The molecule has 39 heavy (non-hydrogen) atoms. The third-order valence-electron chi connectivity index (χ3n) is 6.31. The van der Waals surface area contributed by atoms with E-state index >= 15 is 0 Å². The van der Waals surface area contributed by atoms with Gasteiger partial charge in [0.2, 0.25) is 5.88 Å². The number of aliphatic hydroxyl groups excluding tert-OH is 1. The number of pyridine rings is 1. The molecule has 3 heterocycles. The fraction of sp³-hybridized carbons (Fsp3) is 0.259. The van der Waals surface area contributed by atoms with Gasteiger partial charge in [0.15, 0.2) is 0 Å². The van der Waals surface area contributed by atoms with Gasteiger partial charge in [0.05, 0.1) is 17.0 Å². The number of nitrogens with one attached hydrogen (secondary N) is 2. The van der Waals surface area contributed by atoms with Crippen LogP contribution in [0.5, 0.6) is 11.6 Å². The fourth-order valence-electron chi connectivity index (χ4n) is 4.20. The monoisotopic (exact) mass is 538 g/mol. The zero-order valence-electron chi connectivity index (χ0n) is 20.7. The zero-order chi connectivity index (χ0) is 27.4. The Kier molecular flexibility index (Phi) is 7.46. The van der Waals surface area contributed by atoms with Crippen molar-refractivity contribution in [3.8, 4) is 11.6 Å². The summed E-state index contributed by atoms with van der Waals surface area (Å²) in [5.41, 5.74) is 1.70. The maximum atomic E-state index is 12.6. The molecule has 0 saturated carbocycles. The number of hydrogen-bond acceptors (Lipinski definition) is 7. The van der Waals surface area contributed by atoms with Crippen LogP contribution in [-0.2, 0) is 12.7 Å². The van der Waals surface area contributed by atoms with E-state index in [1.165, 1.54) is 12.4 Å². The lowest BCUT2D eigenvalue weighted by molar-refractivity contribution is -0.141. The van der Waals surface area contributed by atoms with E-state index in [1.54, 1.807) is 24.3 Å². The molecule has 0 spiro atoms. The average molecular weight is 539 g/mol. The predicted octanol–water partition coefficient (Wildman–Crippen LogP) is 5.12. The highest BCUT2D eigenvalue weighted by atomic mass is 19.4. The van der Waals surface area contributed by atoms with Gasteiger partial charge in [-0.3, -0.25) is 4.98 Å². The fourth-order valence-corrected chi connectivity index (χ4v) is 4.20. The number of carbonyl (C=O) groups is 1. The largest absolute Gasteiger partial charge is 0.438 e. The van der Waals surface area contributed by atoms with Crippen LogP contribution in [0.2, 0.25) is 0 Å². The van der Waals surface area contributed by atoms with Crippen molar-refractivity contribution in [1.82, 2.24) is 20.3 Å². The molecule has 0 radical (unpaired) electrons. The lowest BCUT2D eigenvalue weighted by Gasteiger charge is -2.31. The van der Waals surface area contributed by atoms with Gasteiger partial charge in [0.25, 0.3) is 0 Å². The molecule has 12 heteroatoms. The van der Waals surface area contributed by atoms with Crippen molar-refractivity contribution in [3.63, 3.8) is 0 Å². The van der Waals surface area contributed by atoms with Crippen LogP contribution in [0, 0.1) is 0 Å². The first-order chi connectivity index (χ1) is 18.7. The normalized spacial score (nSPS) is 14.3. The summed E-state index contributed by atoms with van der Waals surface area (Å²) in [7, 11) is 0. The number of ether oxygens (including phenoxy) is 1. The molecule has 1 saturated heterocycles. The molecule has 4 aromatic rings. The highest BCUT2D eigenvalue weighted by molar-refractivity contribution is 5.89. The van der Waals surface area contributed by atoms with Crippen LogP contribution in [0.15, 0.2) is 67.1 Å². The Morgan fingerprint density at radius 3 is 2.49 bits per heavy atom. The number of rotatable bonds is 6. The number of amides is 2. The smallest absolute Gasteiger partial charge is 0.433 e. The number of aliphatic hydroxyl groups is 1. The van der Waals surface area contributed by atoms with Crippen LogP contribution >= 0.6 is 0 Å². The number of piperidine rings is 1. The number of anilines is 2. The van der Waals surface area contributed by atoms with Crippen LogP contribution in [0.1, 0.15) is 24.1 Å². The Labute approximate surface area is 221 Å². The number of hydrogen-bond donors (Lipinski definition) is 3. The summed E-state index contributed by atoms with van der Waals surface area (Å²) in [6.07, 6.45) is -0.772. The van der Waals surface area contributed by atoms with Crippen LogP contribution in [-0.4, -0.2) is 45.3 Å². The summed E-state index contributed by atoms with van der Waals surface area (Å²) in [5.74, 6) is 0.898. The van der Waals surface area contributed by atoms with Gasteiger partial charge < -0.3 is 25.4 Å². The Balaban J connectivity index is 1.17. The second-order valence-corrected chi connectivity index (χ2v) is 9.08. The summed E-state index contributed by atoms with van der Waals surface area (Å²) in [6, 6.07) is 14.2. The highest BCUT2D eigenvalue weighted by Crippen LogP contribution is 2.31. The van der Waals surface area contributed by atoms with Gasteiger partial charge in [0, 0.05) is 37.2 Å². The van der Waals surface area contributed by atoms with Crippen molar-refractivity contribution in [3.05, 3.63) is 78.4 Å². The molecule has 2 aromatic carbocycles. The minimum Gasteiger partial charge on any atom is -0.438 e. The van der Waals surface area contributed by atoms with E-state index in [0.29, 0.717) is 22.9 Å². The molecule has 2 aromatic heterocycles. The van der Waals surface area contributed by atoms with Crippen LogP contribution < -0.4 is 20.3 Å². The molecule has 1 fully saturated rings. The van der Waals surface area contributed by atoms with E-state index in [-0.39, 0.29) is 12.6 Å². The standard InChI is InChI=1S/C27H25F3N6O3/c28-27(29,30)24-8-1-17(14-31-24)15-32-26(38)35-18-2-5-21(6-3-18)39-25-22-7-4-19(13-23(22)33-16-34-25)36-11-9-20(37)10-12-36/h1-8,13-14,16,20,37H,9-12,15H2,(H2,32,35,38). The second-order valence-electron chi connectivity index (χ2n) is 9.08. The first-order valence-electron chi connectivity index (χ1n) is 12.3. The van der Waals surface area contributed by atoms with Gasteiger partial charge in [-0.1, -0.05) is 6.07 Å². The van der Waals surface area contributed by atoms with E-state index < -0.39 is 17.9 Å². The third kappa shape index (κ3) is 6.52. The minimum absolute atomic E-state index is 0.0143. The second kappa shape index (κ2) is 11.1. The molecule has 2 amide bonds. The van der Waals surface area contributed by atoms with E-state index in [0.717, 1.165) is 54.8 Å². The first kappa shape index (κ1) is 26.2. The highest BCUT2D eigenvalue weighted by Gasteiger charge is 2.32. The maximum Gasteiger partial charge on any atom is 0.433 e. The Morgan fingerprint density at radius 1 is 1.03 bits per heavy atom. The Morgan fingerprint density at radius 2 is 1.79 bits per heavy atom. The molecular formula is C27H25F3N6O3. The molecule has 1 aliphatic heterocycles. The Hall–Kier alpha value is -4.45. The first-order valence-corrected chi connectivity index (χ1v) is 12.3. The molecular weight excluding hydrogens is 513 g/mol. The molecule has 1 aliphatic rings. The number of urea groups is 1. The maximum absolute atomic E-state index is 12.6. The topological polar surface area (TPSA) is 112 Å². The van der Waals surface area contributed by atoms with Gasteiger partial charge in [-0.15, -0.1) is 0 Å². The number of carbonyl (C=O) groups excluding carboxylic acids is 1. The van der Waals surface area contributed by atoms with Crippen molar-refractivity contribution in [2.45, 2.75) is 31.7 Å². The number of halogens is 3. The van der Waals surface area contributed by atoms with Gasteiger partial charge in [0.1, 0.15) is 17.8 Å². The molecule has 9 nitrogen and oxygen atoms in total. The van der Waals surface area contributed by atoms with Crippen LogP contribution in [0.25, 0.3) is 10.9 Å². The van der Waals surface area contributed by atoms with Crippen molar-refractivity contribution in [1.29, 1.82) is 0 Å². The van der Waals surface area contributed by atoms with E-state index in [4.69, 9.17) is 4.74 Å². The molecule has 0 bridgehead atoms. The number of aromatic nitrogens is 3. The summed E-state index contributed by atoms with van der Waals surface area (Å²) in [6.45, 7) is 1.58. The van der Waals surface area contributed by atoms with Crippen molar-refractivity contribution >= 4 is 28.3 Å². The summed E-state index contributed by atoms with van der Waals surface area (Å²) < 4.78 is 43.8. The lowest BCUT2D eigenvalue weighted by atomic mass is 10.1. The predicted molar refractivity (Wildman–Crippen MR) is 139 cm³/mol. The van der Waals surface area contributed by atoms with Gasteiger partial charge in [-0.25, -0.2) is 14.8 Å². The van der Waals surface area contributed by atoms with Crippen LogP contribution in [0.4, 0.5) is 29.3 Å². The Bertz CT molecular complexity index is 1440. The molecule has 0 aliphatic carbocycles. The average Bonchev–Trinajstić information content (AvgIpc) is 2.93. The number of fused-ring (bicyclic) bond motifs is 1. The molecule has 3 N–H and O–H groups in total. The van der Waals surface area contributed by atoms with E-state index in [2.05, 4.69) is 30.5 Å². The van der Waals surface area contributed by atoms with Gasteiger partial charge in [-0.05, 0) is 66.9 Å². The number of nitrogens with zero attached hydrogens (tertiary/aromatic N) is 4. The molecule has 5 rings (SSSR count). The minimum atomic E-state index is -4.51. The summed E-state index contributed by atoms with van der Waals surface area (Å²) >= 11 is 0. The van der Waals surface area contributed by atoms with E-state index in [9.17, 15) is 23.1 Å². The van der Waals surface area contributed by atoms with Crippen LogP contribution in [0.3, 0.4) is 0 Å². The van der Waals surface area contributed by atoms with Gasteiger partial charge >= 0.3 is 12.2 Å². The lowest BCUT2D eigenvalue weighted by Crippen LogP contribution is -2.35. The third-order valence-corrected chi connectivity index (χ3v) is 6.31. The number of benzene rings is 2. The molecule has 202 valence electrons. The van der Waals surface area contributed by atoms with Crippen molar-refractivity contribution in [2.75, 3.05) is 23.3 Å². The summed E-state index contributed by atoms with van der Waals surface area (Å²) in [5, 5.41) is 15.7. The SMILES string of the molecule is O=C(NCc1ccc(C(F)(F)F)nc1)Nc1ccc(Oc2ncnc3cc(N4CCC(O)CC4)ccc23)cc1. The summed E-state index contributed by atoms with van der Waals surface area (Å²) in [4.78, 5) is 26.4. The molecule has 0 atom stereocenters. The van der Waals surface area contributed by atoms with Gasteiger partial charge in [-0.2, -0.15) is 13.2 Å². The van der Waals surface area contributed by atoms with Crippen molar-refractivity contribution < 1.29 is 27.8 Å². The van der Waals surface area contributed by atoms with Crippen molar-refractivity contribution in [2.24, 2.45) is 0 Å². The number of alkyl halides is 3. The molecule has 0 unspecified atom stereocenters. The van der Waals surface area contributed by atoms with E-state index in [1.807, 2.05) is 18.2 Å². The quantitative estimate of drug-likeness (QED) is 0.312.